The van der Waals surface area contributed by atoms with Gasteiger partial charge in [0.15, 0.2) is 0 Å². The van der Waals surface area contributed by atoms with Crippen molar-refractivity contribution in [2.24, 2.45) is 0 Å². The van der Waals surface area contributed by atoms with Gasteiger partial charge >= 0.3 is 0 Å². The van der Waals surface area contributed by atoms with Crippen molar-refractivity contribution in [1.82, 2.24) is 14.3 Å². The van der Waals surface area contributed by atoms with Gasteiger partial charge in [-0.2, -0.15) is 0 Å². The molecule has 4 heterocycles. The minimum absolute atomic E-state index is 0.0904. The number of nitrogens with zero attached hydrogens (tertiary/aromatic N) is 4. The molecular weight excluding hydrogens is 432 g/mol. The average molecular weight is 457 g/mol. The summed E-state index contributed by atoms with van der Waals surface area (Å²) in [4.78, 5) is 35.8. The van der Waals surface area contributed by atoms with E-state index in [-0.39, 0.29) is 17.5 Å². The first-order valence-electron chi connectivity index (χ1n) is 10.7. The van der Waals surface area contributed by atoms with E-state index >= 15 is 0 Å². The molecule has 1 amide bonds. The molecule has 5 rings (SSSR count). The molecule has 3 aliphatic rings. The first kappa shape index (κ1) is 20.7. The van der Waals surface area contributed by atoms with Gasteiger partial charge in [0, 0.05) is 25.3 Å². The number of rotatable bonds is 3. The molecule has 9 heteroatoms. The molecule has 2 aromatic heterocycles. The predicted molar refractivity (Wildman–Crippen MR) is 126 cm³/mol. The van der Waals surface area contributed by atoms with Gasteiger partial charge in [-0.25, -0.2) is 4.98 Å². The second-order valence-electron chi connectivity index (χ2n) is 8.03. The second kappa shape index (κ2) is 8.72. The van der Waals surface area contributed by atoms with Gasteiger partial charge in [-0.05, 0) is 31.1 Å². The van der Waals surface area contributed by atoms with Crippen molar-refractivity contribution in [2.75, 3.05) is 31.2 Å². The number of hydrogen-bond donors (Lipinski definition) is 0. The van der Waals surface area contributed by atoms with Crippen LogP contribution in [0.2, 0.25) is 0 Å². The highest BCUT2D eigenvalue weighted by atomic mass is 32.2. The fourth-order valence-electron chi connectivity index (χ4n) is 4.50. The van der Waals surface area contributed by atoms with Crippen LogP contribution in [0.1, 0.15) is 37.7 Å². The molecule has 0 aromatic carbocycles. The maximum absolute atomic E-state index is 13.4. The van der Waals surface area contributed by atoms with Crippen molar-refractivity contribution in [3.63, 3.8) is 0 Å². The lowest BCUT2D eigenvalue weighted by Gasteiger charge is -2.30. The van der Waals surface area contributed by atoms with Crippen molar-refractivity contribution in [2.45, 2.75) is 38.1 Å². The minimum Gasteiger partial charge on any atom is -0.378 e. The summed E-state index contributed by atoms with van der Waals surface area (Å²) in [7, 11) is 0. The van der Waals surface area contributed by atoms with E-state index in [1.54, 1.807) is 23.2 Å². The Morgan fingerprint density at radius 1 is 1.13 bits per heavy atom. The molecule has 31 heavy (non-hydrogen) atoms. The molecule has 7 nitrogen and oxygen atoms in total. The van der Waals surface area contributed by atoms with E-state index in [2.05, 4.69) is 4.90 Å². The summed E-state index contributed by atoms with van der Waals surface area (Å²) in [5.74, 6) is 0.509. The largest absolute Gasteiger partial charge is 0.378 e. The van der Waals surface area contributed by atoms with Crippen molar-refractivity contribution < 1.29 is 9.53 Å². The molecule has 1 aliphatic carbocycles. The molecule has 0 spiro atoms. The summed E-state index contributed by atoms with van der Waals surface area (Å²) in [6.45, 7) is 2.47. The standard InChI is InChI=1S/C22H24N4O3S2/c27-20-16(14-17-21(28)26(22(30)31-17)15-6-2-1-3-7-15)19(24-10-12-29-13-11-24)23-18-8-4-5-9-25(18)20/h4-5,8-9,14-15H,1-3,6-7,10-13H2. The molecule has 0 atom stereocenters. The number of thiocarbonyl (C=S) groups is 1. The number of fused-ring (bicyclic) bond motifs is 1. The van der Waals surface area contributed by atoms with Gasteiger partial charge in [-0.15, -0.1) is 0 Å². The van der Waals surface area contributed by atoms with Crippen LogP contribution in [0.3, 0.4) is 0 Å². The lowest BCUT2D eigenvalue weighted by atomic mass is 9.94. The van der Waals surface area contributed by atoms with Crippen LogP contribution in [-0.4, -0.2) is 56.9 Å². The number of anilines is 1. The van der Waals surface area contributed by atoms with Gasteiger partial charge in [0.05, 0.1) is 23.7 Å². The van der Waals surface area contributed by atoms with Crippen LogP contribution in [0.15, 0.2) is 34.1 Å². The predicted octanol–water partition coefficient (Wildman–Crippen LogP) is 3.07. The van der Waals surface area contributed by atoms with Gasteiger partial charge in [-0.1, -0.05) is 49.3 Å². The molecule has 0 radical (unpaired) electrons. The zero-order valence-corrected chi connectivity index (χ0v) is 18.8. The third kappa shape index (κ3) is 3.90. The Morgan fingerprint density at radius 3 is 2.68 bits per heavy atom. The number of thioether (sulfide) groups is 1. The number of morpholine rings is 1. The van der Waals surface area contributed by atoms with E-state index in [9.17, 15) is 9.59 Å². The van der Waals surface area contributed by atoms with Crippen molar-refractivity contribution in [1.29, 1.82) is 0 Å². The molecule has 0 unspecified atom stereocenters. The van der Waals surface area contributed by atoms with Gasteiger partial charge < -0.3 is 9.64 Å². The molecule has 2 aliphatic heterocycles. The van der Waals surface area contributed by atoms with Crippen molar-refractivity contribution >= 4 is 51.7 Å². The first-order chi connectivity index (χ1) is 15.1. The summed E-state index contributed by atoms with van der Waals surface area (Å²) in [5, 5.41) is 0. The fourth-order valence-corrected chi connectivity index (χ4v) is 5.88. The number of pyridine rings is 1. The van der Waals surface area contributed by atoms with Gasteiger partial charge in [0.1, 0.15) is 15.8 Å². The maximum Gasteiger partial charge on any atom is 0.267 e. The Kier molecular flexibility index (Phi) is 5.81. The highest BCUT2D eigenvalue weighted by Crippen LogP contribution is 2.37. The Bertz CT molecular complexity index is 1120. The Morgan fingerprint density at radius 2 is 1.90 bits per heavy atom. The molecular formula is C22H24N4O3S2. The molecule has 0 bridgehead atoms. The molecule has 1 saturated carbocycles. The van der Waals surface area contributed by atoms with E-state index in [0.717, 1.165) is 25.7 Å². The van der Waals surface area contributed by atoms with E-state index < -0.39 is 0 Å². The third-order valence-corrected chi connectivity index (χ3v) is 7.43. The van der Waals surface area contributed by atoms with Crippen molar-refractivity contribution in [3.05, 3.63) is 45.2 Å². The van der Waals surface area contributed by atoms with Gasteiger partial charge in [-0.3, -0.25) is 18.9 Å². The molecule has 162 valence electrons. The number of ether oxygens (including phenoxy) is 1. The summed E-state index contributed by atoms with van der Waals surface area (Å²) >= 11 is 6.85. The van der Waals surface area contributed by atoms with Crippen LogP contribution >= 0.6 is 24.0 Å². The van der Waals surface area contributed by atoms with E-state index in [1.165, 1.54) is 22.6 Å². The first-order valence-corrected chi connectivity index (χ1v) is 12.0. The van der Waals surface area contributed by atoms with Crippen LogP contribution in [0.25, 0.3) is 11.7 Å². The van der Waals surface area contributed by atoms with Crippen LogP contribution in [-0.2, 0) is 9.53 Å². The highest BCUT2D eigenvalue weighted by Gasteiger charge is 2.38. The monoisotopic (exact) mass is 456 g/mol. The number of amides is 1. The Hall–Kier alpha value is -2.23. The summed E-state index contributed by atoms with van der Waals surface area (Å²) in [5.41, 5.74) is 0.825. The molecule has 2 aromatic rings. The topological polar surface area (TPSA) is 67.2 Å². The zero-order valence-electron chi connectivity index (χ0n) is 17.2. The van der Waals surface area contributed by atoms with Crippen LogP contribution in [0.5, 0.6) is 0 Å². The highest BCUT2D eigenvalue weighted by molar-refractivity contribution is 8.26. The normalized spacial score (nSPS) is 22.1. The number of hydrogen-bond acceptors (Lipinski definition) is 7. The smallest absolute Gasteiger partial charge is 0.267 e. The summed E-state index contributed by atoms with van der Waals surface area (Å²) < 4.78 is 7.59. The van der Waals surface area contributed by atoms with Crippen LogP contribution in [0.4, 0.5) is 5.82 Å². The number of carbonyl (C=O) groups excluding carboxylic acids is 1. The molecule has 2 saturated heterocycles. The zero-order chi connectivity index (χ0) is 21.4. The number of aromatic nitrogens is 2. The van der Waals surface area contributed by atoms with E-state index in [4.69, 9.17) is 21.9 Å². The van der Waals surface area contributed by atoms with E-state index in [1.807, 2.05) is 12.1 Å². The quantitative estimate of drug-likeness (QED) is 0.519. The minimum atomic E-state index is -0.185. The average Bonchev–Trinajstić information content (AvgIpc) is 3.09. The molecule has 3 fully saturated rings. The van der Waals surface area contributed by atoms with Crippen molar-refractivity contribution in [3.8, 4) is 0 Å². The van der Waals surface area contributed by atoms with Gasteiger partial charge in [0.2, 0.25) is 0 Å². The Balaban J connectivity index is 1.58. The van der Waals surface area contributed by atoms with Crippen LogP contribution in [0, 0.1) is 0 Å². The lowest BCUT2D eigenvalue weighted by Crippen LogP contribution is -2.40. The maximum atomic E-state index is 13.4. The second-order valence-corrected chi connectivity index (χ2v) is 9.70. The summed E-state index contributed by atoms with van der Waals surface area (Å²) in [6, 6.07) is 5.65. The SMILES string of the molecule is O=C1C(=Cc2c(N3CCOCC3)nc3ccccn3c2=O)SC(=S)N1C1CCCCC1. The summed E-state index contributed by atoms with van der Waals surface area (Å²) in [6.07, 6.45) is 8.83. The third-order valence-electron chi connectivity index (χ3n) is 6.10. The van der Waals surface area contributed by atoms with E-state index in [0.29, 0.717) is 52.6 Å². The molecule has 0 N–H and O–H groups in total. The van der Waals surface area contributed by atoms with Crippen LogP contribution < -0.4 is 10.5 Å². The lowest BCUT2D eigenvalue weighted by molar-refractivity contribution is -0.124. The fraction of sp³-hybridized carbons (Fsp3) is 0.455. The van der Waals surface area contributed by atoms with Gasteiger partial charge in [0.25, 0.3) is 11.5 Å². The number of carbonyl (C=O) groups is 1. The Labute approximate surface area is 190 Å².